The van der Waals surface area contributed by atoms with E-state index in [1.807, 2.05) is 12.2 Å². The number of carbonyl (C=O) groups excluding carboxylic acids is 5. The Morgan fingerprint density at radius 2 is 1.24 bits per heavy atom. The molecule has 0 aromatic rings. The smallest absolute Gasteiger partial charge is 0.305 e. The van der Waals surface area contributed by atoms with Crippen molar-refractivity contribution >= 4 is 29.8 Å². The SMILES string of the molecule is COC(=O)CCCCCCC/C=C/COC[C@H]1O[C@@H](OC(C)=O)[C@H](OC(C)=O)[C@@H](OC(C)=O)[C@@H]1OC(C)=O. The number of esters is 5. The van der Waals surface area contributed by atoms with Gasteiger partial charge in [-0.05, 0) is 19.3 Å². The topological polar surface area (TPSA) is 150 Å². The number of ether oxygens (including phenoxy) is 7. The van der Waals surface area contributed by atoms with E-state index in [4.69, 9.17) is 28.4 Å². The summed E-state index contributed by atoms with van der Waals surface area (Å²) in [7, 11) is 1.39. The van der Waals surface area contributed by atoms with Crippen molar-refractivity contribution in [1.29, 1.82) is 0 Å². The second-order valence-corrected chi connectivity index (χ2v) is 8.77. The lowest BCUT2D eigenvalue weighted by molar-refractivity contribution is -0.300. The van der Waals surface area contributed by atoms with Crippen molar-refractivity contribution in [3.63, 3.8) is 0 Å². The van der Waals surface area contributed by atoms with E-state index < -0.39 is 54.6 Å². The lowest BCUT2D eigenvalue weighted by atomic mass is 9.98. The Morgan fingerprint density at radius 3 is 1.84 bits per heavy atom. The van der Waals surface area contributed by atoms with Crippen LogP contribution >= 0.6 is 0 Å². The lowest BCUT2D eigenvalue weighted by Crippen LogP contribution is -2.63. The molecule has 1 aliphatic heterocycles. The molecular weight excluding hydrogens is 504 g/mol. The summed E-state index contributed by atoms with van der Waals surface area (Å²) >= 11 is 0. The molecule has 216 valence electrons. The quantitative estimate of drug-likeness (QED) is 0.122. The third-order valence-electron chi connectivity index (χ3n) is 5.42. The molecule has 0 unspecified atom stereocenters. The third kappa shape index (κ3) is 13.5. The predicted molar refractivity (Wildman–Crippen MR) is 131 cm³/mol. The Bertz CT molecular complexity index is 808. The maximum absolute atomic E-state index is 11.8. The van der Waals surface area contributed by atoms with Crippen LogP contribution in [0.2, 0.25) is 0 Å². The number of methoxy groups -OCH3 is 1. The number of rotatable bonds is 16. The minimum absolute atomic E-state index is 0.0925. The molecule has 0 aliphatic carbocycles. The van der Waals surface area contributed by atoms with Gasteiger partial charge in [0, 0.05) is 34.1 Å². The van der Waals surface area contributed by atoms with E-state index in [0.717, 1.165) is 59.3 Å². The molecule has 12 nitrogen and oxygen atoms in total. The summed E-state index contributed by atoms with van der Waals surface area (Å²) in [5.41, 5.74) is 0. The van der Waals surface area contributed by atoms with E-state index in [-0.39, 0.29) is 19.2 Å². The van der Waals surface area contributed by atoms with Gasteiger partial charge in [0.15, 0.2) is 12.2 Å². The van der Waals surface area contributed by atoms with Gasteiger partial charge in [0.1, 0.15) is 6.10 Å². The first-order chi connectivity index (χ1) is 18.0. The highest BCUT2D eigenvalue weighted by atomic mass is 16.7. The second-order valence-electron chi connectivity index (χ2n) is 8.77. The summed E-state index contributed by atoms with van der Waals surface area (Å²) in [4.78, 5) is 58.0. The fraction of sp³-hybridized carbons (Fsp3) is 0.731. The summed E-state index contributed by atoms with van der Waals surface area (Å²) < 4.78 is 37.1. The largest absolute Gasteiger partial charge is 0.469 e. The monoisotopic (exact) mass is 544 g/mol. The minimum Gasteiger partial charge on any atom is -0.469 e. The summed E-state index contributed by atoms with van der Waals surface area (Å²) in [6.07, 6.45) is 3.79. The molecule has 5 atom stereocenters. The van der Waals surface area contributed by atoms with Crippen LogP contribution in [0.4, 0.5) is 0 Å². The molecule has 12 heteroatoms. The second kappa shape index (κ2) is 18.3. The van der Waals surface area contributed by atoms with Crippen LogP contribution in [0.5, 0.6) is 0 Å². The van der Waals surface area contributed by atoms with E-state index in [2.05, 4.69) is 4.74 Å². The number of allylic oxidation sites excluding steroid dienone is 1. The van der Waals surface area contributed by atoms with Crippen LogP contribution < -0.4 is 0 Å². The molecule has 1 saturated heterocycles. The van der Waals surface area contributed by atoms with Gasteiger partial charge in [-0.15, -0.1) is 0 Å². The Balaban J connectivity index is 2.67. The predicted octanol–water partition coefficient (Wildman–Crippen LogP) is 2.55. The zero-order valence-corrected chi connectivity index (χ0v) is 22.8. The molecule has 1 rings (SSSR count). The average Bonchev–Trinajstić information content (AvgIpc) is 2.82. The van der Waals surface area contributed by atoms with E-state index in [9.17, 15) is 24.0 Å². The highest BCUT2D eigenvalue weighted by molar-refractivity contribution is 5.69. The normalized spacial score (nSPS) is 22.9. The summed E-state index contributed by atoms with van der Waals surface area (Å²) in [6.45, 7) is 4.73. The van der Waals surface area contributed by atoms with Gasteiger partial charge in [0.25, 0.3) is 0 Å². The van der Waals surface area contributed by atoms with Crippen molar-refractivity contribution in [3.05, 3.63) is 12.2 Å². The van der Waals surface area contributed by atoms with Crippen molar-refractivity contribution in [1.82, 2.24) is 0 Å². The first-order valence-corrected chi connectivity index (χ1v) is 12.7. The molecule has 0 bridgehead atoms. The molecule has 1 aliphatic rings. The minimum atomic E-state index is -1.41. The van der Waals surface area contributed by atoms with Gasteiger partial charge in [0.05, 0.1) is 20.3 Å². The highest BCUT2D eigenvalue weighted by Crippen LogP contribution is 2.30. The van der Waals surface area contributed by atoms with E-state index in [1.54, 1.807) is 0 Å². The standard InChI is InChI=1S/C26H40O12/c1-17(27)34-23-21(16-33-15-13-11-9-7-6-8-10-12-14-22(31)32-5)38-26(37-20(4)30)25(36-19(3)29)24(23)35-18(2)28/h11,13,21,23-26H,6-10,12,14-16H2,1-5H3/b13-11+/t21-,23-,24+,25-,26-/m1/s1. The molecule has 38 heavy (non-hydrogen) atoms. The van der Waals surface area contributed by atoms with Crippen molar-refractivity contribution in [2.24, 2.45) is 0 Å². The lowest BCUT2D eigenvalue weighted by Gasteiger charge is -2.43. The van der Waals surface area contributed by atoms with Crippen molar-refractivity contribution in [3.8, 4) is 0 Å². The number of hydrogen-bond donors (Lipinski definition) is 0. The number of carbonyl (C=O) groups is 5. The van der Waals surface area contributed by atoms with Crippen LogP contribution in [0.3, 0.4) is 0 Å². The Hall–Kier alpha value is -2.99. The molecule has 1 fully saturated rings. The molecule has 0 saturated carbocycles. The van der Waals surface area contributed by atoms with Crippen LogP contribution in [-0.4, -0.2) is 80.9 Å². The molecule has 0 aromatic heterocycles. The Morgan fingerprint density at radius 1 is 0.684 bits per heavy atom. The maximum atomic E-state index is 11.8. The first-order valence-electron chi connectivity index (χ1n) is 12.7. The molecule has 0 spiro atoms. The fourth-order valence-corrected chi connectivity index (χ4v) is 3.85. The molecule has 0 N–H and O–H groups in total. The maximum Gasteiger partial charge on any atom is 0.305 e. The van der Waals surface area contributed by atoms with Gasteiger partial charge >= 0.3 is 29.8 Å². The fourth-order valence-electron chi connectivity index (χ4n) is 3.85. The Labute approximate surface area is 223 Å². The molecule has 0 amide bonds. The summed E-state index contributed by atoms with van der Waals surface area (Å²) in [5, 5.41) is 0. The first kappa shape index (κ1) is 33.0. The van der Waals surface area contributed by atoms with E-state index >= 15 is 0 Å². The molecule has 0 aromatic carbocycles. The molecule has 0 radical (unpaired) electrons. The summed E-state index contributed by atoms with van der Waals surface area (Å²) in [5.74, 6) is -3.04. The Kier molecular flexibility index (Phi) is 15.9. The number of unbranched alkanes of at least 4 members (excludes halogenated alkanes) is 5. The zero-order valence-electron chi connectivity index (χ0n) is 22.8. The highest BCUT2D eigenvalue weighted by Gasteiger charge is 2.53. The number of hydrogen-bond acceptors (Lipinski definition) is 12. The van der Waals surface area contributed by atoms with Gasteiger partial charge in [-0.25, -0.2) is 0 Å². The van der Waals surface area contributed by atoms with Crippen LogP contribution in [0.1, 0.15) is 72.6 Å². The summed E-state index contributed by atoms with van der Waals surface area (Å²) in [6, 6.07) is 0. The van der Waals surface area contributed by atoms with Gasteiger partial charge < -0.3 is 33.2 Å². The van der Waals surface area contributed by atoms with E-state index in [1.165, 1.54) is 14.0 Å². The van der Waals surface area contributed by atoms with Crippen molar-refractivity contribution < 1.29 is 57.1 Å². The zero-order chi connectivity index (χ0) is 28.5. The van der Waals surface area contributed by atoms with Crippen LogP contribution in [0.25, 0.3) is 0 Å². The van der Waals surface area contributed by atoms with Gasteiger partial charge in [0.2, 0.25) is 12.4 Å². The third-order valence-corrected chi connectivity index (χ3v) is 5.42. The van der Waals surface area contributed by atoms with Crippen molar-refractivity contribution in [2.75, 3.05) is 20.3 Å². The van der Waals surface area contributed by atoms with Crippen LogP contribution in [0.15, 0.2) is 12.2 Å². The van der Waals surface area contributed by atoms with Crippen LogP contribution in [0, 0.1) is 0 Å². The molecular formula is C26H40O12. The average molecular weight is 545 g/mol. The van der Waals surface area contributed by atoms with Gasteiger partial charge in [-0.1, -0.05) is 31.4 Å². The van der Waals surface area contributed by atoms with E-state index in [0.29, 0.717) is 6.42 Å². The van der Waals surface area contributed by atoms with Gasteiger partial charge in [-0.2, -0.15) is 0 Å². The molecule has 1 heterocycles. The van der Waals surface area contributed by atoms with Gasteiger partial charge in [-0.3, -0.25) is 24.0 Å². The van der Waals surface area contributed by atoms with Crippen molar-refractivity contribution in [2.45, 2.75) is 103 Å². The van der Waals surface area contributed by atoms with Crippen LogP contribution in [-0.2, 0) is 57.1 Å².